The minimum atomic E-state index is -5.61. The minimum Gasteiger partial charge on any atom is -0.477 e. The van der Waals surface area contributed by atoms with E-state index in [2.05, 4.69) is 15.6 Å². The molecule has 3 heterocycles. The predicted octanol–water partition coefficient (Wildman–Crippen LogP) is -2.04. The first-order chi connectivity index (χ1) is 26.4. The van der Waals surface area contributed by atoms with Gasteiger partial charge in [-0.25, -0.2) is 18.7 Å². The molecule has 22 nitrogen and oxygen atoms in total. The van der Waals surface area contributed by atoms with Crippen molar-refractivity contribution in [3.05, 3.63) is 82.9 Å². The molecule has 1 aromatic heterocycles. The lowest BCUT2D eigenvalue weighted by Crippen LogP contribution is -2.68. The fourth-order valence-electron chi connectivity index (χ4n) is 5.95. The van der Waals surface area contributed by atoms with Crippen LogP contribution >= 0.6 is 7.82 Å². The predicted molar refractivity (Wildman–Crippen MR) is 186 cm³/mol. The van der Waals surface area contributed by atoms with Crippen LogP contribution in [0.15, 0.2) is 71.7 Å². The van der Waals surface area contributed by atoms with Gasteiger partial charge in [0.2, 0.25) is 5.91 Å². The Morgan fingerprint density at radius 1 is 1.07 bits per heavy atom. The van der Waals surface area contributed by atoms with Crippen molar-refractivity contribution in [2.24, 2.45) is 0 Å². The van der Waals surface area contributed by atoms with Crippen LogP contribution in [0.25, 0.3) is 0 Å². The zero-order valence-corrected chi connectivity index (χ0v) is 30.2. The zero-order chi connectivity index (χ0) is 40.9. The molecule has 0 spiro atoms. The highest BCUT2D eigenvalue weighted by atomic mass is 31.2. The van der Waals surface area contributed by atoms with Gasteiger partial charge in [0.25, 0.3) is 11.7 Å². The van der Waals surface area contributed by atoms with Crippen molar-refractivity contribution in [3.63, 3.8) is 0 Å². The second-order valence-electron chi connectivity index (χ2n) is 12.8. The molecule has 2 aromatic carbocycles. The molecule has 56 heavy (non-hydrogen) atoms. The molecule has 23 heteroatoms. The minimum absolute atomic E-state index is 0.0919. The highest BCUT2D eigenvalue weighted by Gasteiger charge is 2.59. The number of nitrogen functional groups attached to an aromatic ring is 1. The molecule has 0 bridgehead atoms. The molecule has 3 aromatic rings. The quantitative estimate of drug-likeness (QED) is 0.0739. The van der Waals surface area contributed by atoms with Crippen LogP contribution in [0.2, 0.25) is 0 Å². The average Bonchev–Trinajstić information content (AvgIpc) is 3.42. The van der Waals surface area contributed by atoms with E-state index in [1.54, 1.807) is 36.4 Å². The van der Waals surface area contributed by atoms with Crippen LogP contribution in [-0.4, -0.2) is 131 Å². The molecule has 2 saturated heterocycles. The van der Waals surface area contributed by atoms with Crippen LogP contribution < -0.4 is 26.8 Å². The maximum atomic E-state index is 13.2. The normalized spacial score (nSPS) is 28.4. The van der Waals surface area contributed by atoms with E-state index in [9.17, 15) is 59.3 Å². The number of para-hydroxylation sites is 1. The summed E-state index contributed by atoms with van der Waals surface area (Å²) in [6.45, 7) is -0.711. The SMILES string of the molecule is CC(=O)N[C@H]1[C@H]([C@H](O)[C@H](O)CNC(=O)c2cccc(Oc3ccccc3)c2)O[C@](OP(=O)(O)OC[C@H]2O[C@@H](n3ccc(N)nc3=O)[C@H](O)[C@@H]2O)(C(=O)O)C[C@@H]1O. The number of aliphatic hydroxyl groups is 5. The van der Waals surface area contributed by atoms with Gasteiger partial charge in [-0.1, -0.05) is 24.3 Å². The third kappa shape index (κ3) is 9.93. The van der Waals surface area contributed by atoms with Gasteiger partial charge in [-0.05, 0) is 36.4 Å². The lowest BCUT2D eigenvalue weighted by molar-refractivity contribution is -0.288. The molecule has 304 valence electrons. The molecular weight excluding hydrogens is 769 g/mol. The van der Waals surface area contributed by atoms with Gasteiger partial charge in [-0.15, -0.1) is 0 Å². The highest BCUT2D eigenvalue weighted by molar-refractivity contribution is 7.47. The number of amides is 2. The number of ether oxygens (including phenoxy) is 3. The van der Waals surface area contributed by atoms with Gasteiger partial charge in [0.15, 0.2) is 6.23 Å². The number of carbonyl (C=O) groups excluding carboxylic acids is 2. The number of aliphatic hydroxyl groups excluding tert-OH is 5. The first-order valence-electron chi connectivity index (χ1n) is 16.8. The summed E-state index contributed by atoms with van der Waals surface area (Å²) in [6, 6.07) is 14.2. The molecular formula is C33H40N5O17P. The third-order valence-corrected chi connectivity index (χ3v) is 9.67. The van der Waals surface area contributed by atoms with Crippen LogP contribution in [-0.2, 0) is 32.7 Å². The first kappa shape index (κ1) is 42.3. The Labute approximate surface area is 316 Å². The van der Waals surface area contributed by atoms with Crippen molar-refractivity contribution in [2.75, 3.05) is 18.9 Å². The first-order valence-corrected chi connectivity index (χ1v) is 18.3. The maximum Gasteiger partial charge on any atom is 0.475 e. The fourth-order valence-corrected chi connectivity index (χ4v) is 6.91. The Balaban J connectivity index is 1.27. The number of nitrogens with zero attached hydrogens (tertiary/aromatic N) is 2. The molecule has 0 aliphatic carbocycles. The number of aromatic nitrogens is 2. The fraction of sp³-hybridized carbons (Fsp3) is 0.424. The molecule has 11 atom stereocenters. The van der Waals surface area contributed by atoms with Gasteiger partial charge in [-0.2, -0.15) is 4.98 Å². The molecule has 2 amide bonds. The van der Waals surface area contributed by atoms with Crippen molar-refractivity contribution in [1.29, 1.82) is 0 Å². The third-order valence-electron chi connectivity index (χ3n) is 8.67. The average molecular weight is 810 g/mol. The second-order valence-corrected chi connectivity index (χ2v) is 14.2. The molecule has 11 N–H and O–H groups in total. The molecule has 5 rings (SSSR count). The van der Waals surface area contributed by atoms with E-state index in [1.165, 1.54) is 24.3 Å². The van der Waals surface area contributed by atoms with Crippen molar-refractivity contribution in [3.8, 4) is 11.5 Å². The molecule has 2 aliphatic rings. The maximum absolute atomic E-state index is 13.2. The smallest absolute Gasteiger partial charge is 0.475 e. The monoisotopic (exact) mass is 809 g/mol. The van der Waals surface area contributed by atoms with Gasteiger partial charge in [0.05, 0.1) is 24.9 Å². The number of phosphoric ester groups is 1. The van der Waals surface area contributed by atoms with Crippen molar-refractivity contribution in [1.82, 2.24) is 20.2 Å². The van der Waals surface area contributed by atoms with Crippen molar-refractivity contribution >= 4 is 31.4 Å². The van der Waals surface area contributed by atoms with E-state index in [0.29, 0.717) is 11.5 Å². The molecule has 0 saturated carbocycles. The Bertz CT molecular complexity index is 1990. The number of carbonyl (C=O) groups is 3. The Morgan fingerprint density at radius 2 is 1.77 bits per heavy atom. The van der Waals surface area contributed by atoms with E-state index in [0.717, 1.165) is 17.7 Å². The number of aliphatic carboxylic acids is 1. The number of carboxylic acid groups (broad SMARTS) is 1. The molecule has 2 fully saturated rings. The number of nitrogens with two attached hydrogens (primary N) is 1. The van der Waals surface area contributed by atoms with Crippen LogP contribution in [0, 0.1) is 0 Å². The number of nitrogens with one attached hydrogen (secondary N) is 2. The van der Waals surface area contributed by atoms with Crippen LogP contribution in [0.5, 0.6) is 11.5 Å². The van der Waals surface area contributed by atoms with E-state index >= 15 is 0 Å². The van der Waals surface area contributed by atoms with Crippen LogP contribution in [0.1, 0.15) is 29.9 Å². The number of carboxylic acids is 1. The van der Waals surface area contributed by atoms with Gasteiger partial charge >= 0.3 is 19.5 Å². The van der Waals surface area contributed by atoms with E-state index in [-0.39, 0.29) is 11.4 Å². The van der Waals surface area contributed by atoms with Crippen molar-refractivity contribution in [2.45, 2.75) is 74.1 Å². The van der Waals surface area contributed by atoms with Gasteiger partial charge in [0.1, 0.15) is 47.8 Å². The van der Waals surface area contributed by atoms with Gasteiger partial charge in [-0.3, -0.25) is 18.7 Å². The number of phosphoric acid groups is 1. The number of anilines is 1. The summed E-state index contributed by atoms with van der Waals surface area (Å²) in [5.74, 6) is -6.26. The summed E-state index contributed by atoms with van der Waals surface area (Å²) < 4.78 is 40.4. The largest absolute Gasteiger partial charge is 0.477 e. The summed E-state index contributed by atoms with van der Waals surface area (Å²) >= 11 is 0. The van der Waals surface area contributed by atoms with Crippen LogP contribution in [0.3, 0.4) is 0 Å². The molecule has 2 aliphatic heterocycles. The van der Waals surface area contributed by atoms with Gasteiger partial charge < -0.3 is 66.1 Å². The lowest BCUT2D eigenvalue weighted by Gasteiger charge is -2.46. The van der Waals surface area contributed by atoms with E-state index in [4.69, 9.17) is 29.0 Å². The topological polar surface area (TPSA) is 341 Å². The number of hydrogen-bond donors (Lipinski definition) is 10. The summed E-state index contributed by atoms with van der Waals surface area (Å²) in [4.78, 5) is 63.9. The number of hydrogen-bond acceptors (Lipinski definition) is 17. The molecule has 1 unspecified atom stereocenters. The summed E-state index contributed by atoms with van der Waals surface area (Å²) in [5.41, 5.74) is 4.59. The van der Waals surface area contributed by atoms with Gasteiger partial charge in [0, 0.05) is 31.6 Å². The van der Waals surface area contributed by atoms with E-state index < -0.39 is 112 Å². The highest BCUT2D eigenvalue weighted by Crippen LogP contribution is 2.51. The Kier molecular flexibility index (Phi) is 13.2. The summed E-state index contributed by atoms with van der Waals surface area (Å²) in [6.07, 6.45) is -15.0. The summed E-state index contributed by atoms with van der Waals surface area (Å²) in [7, 11) is -5.61. The lowest BCUT2D eigenvalue weighted by atomic mass is 9.88. The standard InChI is InChI=1S/C33H40N5O17P/c1-16(39)36-24-20(40)13-33(31(46)47,55-56(49,50)51-15-22-26(43)27(44)30(53-22)38-11-10-23(34)37-32(38)48)54-28(24)25(42)21(41)14-35-29(45)17-6-5-9-19(12-17)52-18-7-3-2-4-8-18/h2-12,20-22,24-28,30,40-44H,13-15H2,1H3,(H,35,45)(H,36,39)(H,46,47)(H,49,50)(H2,34,37,48)/t20-,21+,22+,24+,25+,26+,27+,28+,30+,33+/m0/s1. The molecule has 0 radical (unpaired) electrons. The van der Waals surface area contributed by atoms with E-state index in [1.807, 2.05) is 0 Å². The number of rotatable bonds is 15. The zero-order valence-electron chi connectivity index (χ0n) is 29.3. The summed E-state index contributed by atoms with van der Waals surface area (Å²) in [5, 5.41) is 68.9. The number of benzene rings is 2. The van der Waals surface area contributed by atoms with Crippen LogP contribution in [0.4, 0.5) is 5.82 Å². The van der Waals surface area contributed by atoms with Crippen molar-refractivity contribution < 1.29 is 77.7 Å². The second kappa shape index (κ2) is 17.5. The Morgan fingerprint density at radius 3 is 2.43 bits per heavy atom. The Hall–Kier alpha value is -4.84.